The zero-order valence-electron chi connectivity index (χ0n) is 14.6. The fourth-order valence-electron chi connectivity index (χ4n) is 3.26. The number of hydrogen-bond acceptors (Lipinski definition) is 8. The third-order valence-corrected chi connectivity index (χ3v) is 5.61. The van der Waals surface area contributed by atoms with E-state index < -0.39 is 0 Å². The van der Waals surface area contributed by atoms with Gasteiger partial charge in [-0.15, -0.1) is 0 Å². The van der Waals surface area contributed by atoms with E-state index in [0.29, 0.717) is 29.7 Å². The van der Waals surface area contributed by atoms with E-state index in [9.17, 15) is 5.11 Å². The first-order valence-electron chi connectivity index (χ1n) is 8.28. The van der Waals surface area contributed by atoms with E-state index in [1.54, 1.807) is 14.2 Å². The Morgan fingerprint density at radius 1 is 1.19 bits per heavy atom. The molecular formula is C17H20N4O4S. The molecule has 0 aliphatic carbocycles. The Balaban J connectivity index is 1.83. The third kappa shape index (κ3) is 2.87. The van der Waals surface area contributed by atoms with Crippen LogP contribution in [0.15, 0.2) is 24.5 Å². The van der Waals surface area contributed by atoms with Crippen LogP contribution in [0.3, 0.4) is 0 Å². The van der Waals surface area contributed by atoms with Gasteiger partial charge in [0.1, 0.15) is 6.33 Å². The van der Waals surface area contributed by atoms with Gasteiger partial charge in [-0.25, -0.2) is 4.98 Å². The quantitative estimate of drug-likeness (QED) is 0.729. The van der Waals surface area contributed by atoms with Crippen LogP contribution in [0.4, 0.5) is 0 Å². The van der Waals surface area contributed by atoms with Crippen LogP contribution in [0.25, 0.3) is 4.96 Å². The van der Waals surface area contributed by atoms with Crippen LogP contribution in [-0.4, -0.2) is 65.1 Å². The van der Waals surface area contributed by atoms with Gasteiger partial charge in [0, 0.05) is 13.1 Å². The molecule has 1 saturated heterocycles. The van der Waals surface area contributed by atoms with Crippen molar-refractivity contribution in [1.29, 1.82) is 0 Å². The van der Waals surface area contributed by atoms with Crippen LogP contribution >= 0.6 is 11.3 Å². The molecule has 4 rings (SSSR count). The highest BCUT2D eigenvalue weighted by molar-refractivity contribution is 7.17. The summed E-state index contributed by atoms with van der Waals surface area (Å²) in [5.41, 5.74) is 1.00. The molecule has 1 aliphatic heterocycles. The van der Waals surface area contributed by atoms with E-state index in [1.165, 1.54) is 22.2 Å². The molecule has 3 heterocycles. The van der Waals surface area contributed by atoms with Crippen molar-refractivity contribution in [3.8, 4) is 17.4 Å². The Kier molecular flexibility index (Phi) is 4.66. The van der Waals surface area contributed by atoms with Gasteiger partial charge in [-0.2, -0.15) is 9.61 Å². The molecule has 1 fully saturated rings. The van der Waals surface area contributed by atoms with E-state index in [2.05, 4.69) is 15.0 Å². The van der Waals surface area contributed by atoms with Gasteiger partial charge >= 0.3 is 0 Å². The minimum Gasteiger partial charge on any atom is -0.493 e. The average molecular weight is 376 g/mol. The molecule has 0 amide bonds. The molecule has 1 aromatic carbocycles. The highest BCUT2D eigenvalue weighted by Crippen LogP contribution is 2.42. The molecule has 9 heteroatoms. The average Bonchev–Trinajstić information content (AvgIpc) is 3.26. The largest absolute Gasteiger partial charge is 0.493 e. The predicted molar refractivity (Wildman–Crippen MR) is 96.3 cm³/mol. The monoisotopic (exact) mass is 376 g/mol. The predicted octanol–water partition coefficient (Wildman–Crippen LogP) is 1.94. The summed E-state index contributed by atoms with van der Waals surface area (Å²) < 4.78 is 17.8. The first-order chi connectivity index (χ1) is 12.7. The maximum Gasteiger partial charge on any atom is 0.230 e. The van der Waals surface area contributed by atoms with Crippen LogP contribution in [0.5, 0.6) is 17.4 Å². The standard InChI is InChI=1S/C17H20N4O4S/c1-23-12-4-3-11(9-13(12)24-2)14(20-5-7-25-8-6-20)15-16(22)21-17(26-15)18-10-19-21/h3-4,9-10,14,22H,5-8H2,1-2H3/t14-/m0/s1. The maximum atomic E-state index is 10.7. The van der Waals surface area contributed by atoms with Crippen LogP contribution in [-0.2, 0) is 4.74 Å². The van der Waals surface area contributed by atoms with Gasteiger partial charge in [-0.3, -0.25) is 4.90 Å². The number of fused-ring (bicyclic) bond motifs is 1. The summed E-state index contributed by atoms with van der Waals surface area (Å²) >= 11 is 1.44. The molecule has 26 heavy (non-hydrogen) atoms. The summed E-state index contributed by atoms with van der Waals surface area (Å²) in [6, 6.07) is 5.69. The van der Waals surface area contributed by atoms with E-state index >= 15 is 0 Å². The van der Waals surface area contributed by atoms with Crippen LogP contribution in [0, 0.1) is 0 Å². The van der Waals surface area contributed by atoms with Crippen LogP contribution in [0.2, 0.25) is 0 Å². The van der Waals surface area contributed by atoms with Crippen molar-refractivity contribution in [3.63, 3.8) is 0 Å². The van der Waals surface area contributed by atoms with E-state index in [1.807, 2.05) is 18.2 Å². The molecule has 0 radical (unpaired) electrons. The molecule has 2 aromatic heterocycles. The van der Waals surface area contributed by atoms with Gasteiger partial charge < -0.3 is 19.3 Å². The summed E-state index contributed by atoms with van der Waals surface area (Å²) in [6.45, 7) is 2.86. The number of thiazole rings is 1. The highest BCUT2D eigenvalue weighted by Gasteiger charge is 2.30. The van der Waals surface area contributed by atoms with Crippen molar-refractivity contribution in [1.82, 2.24) is 19.5 Å². The molecule has 1 N–H and O–H groups in total. The Morgan fingerprint density at radius 2 is 1.96 bits per heavy atom. The Hall–Kier alpha value is -2.36. The fourth-order valence-corrected chi connectivity index (χ4v) is 4.35. The normalized spacial score (nSPS) is 16.7. The Morgan fingerprint density at radius 3 is 2.65 bits per heavy atom. The summed E-state index contributed by atoms with van der Waals surface area (Å²) in [5, 5.41) is 14.8. The molecule has 0 saturated carbocycles. The number of morpholine rings is 1. The number of rotatable bonds is 5. The van der Waals surface area contributed by atoms with Crippen LogP contribution in [0.1, 0.15) is 16.5 Å². The van der Waals surface area contributed by atoms with Crippen molar-refractivity contribution in [2.45, 2.75) is 6.04 Å². The topological polar surface area (TPSA) is 81.4 Å². The van der Waals surface area contributed by atoms with Gasteiger partial charge in [0.15, 0.2) is 11.5 Å². The second-order valence-electron chi connectivity index (χ2n) is 5.91. The second kappa shape index (κ2) is 7.10. The maximum absolute atomic E-state index is 10.7. The lowest BCUT2D eigenvalue weighted by Crippen LogP contribution is -2.39. The van der Waals surface area contributed by atoms with Crippen LogP contribution < -0.4 is 9.47 Å². The molecule has 8 nitrogen and oxygen atoms in total. The first kappa shape index (κ1) is 17.1. The summed E-state index contributed by atoms with van der Waals surface area (Å²) in [4.78, 5) is 7.96. The van der Waals surface area contributed by atoms with Crippen molar-refractivity contribution >= 4 is 16.3 Å². The van der Waals surface area contributed by atoms with Crippen molar-refractivity contribution < 1.29 is 19.3 Å². The molecule has 1 aliphatic rings. The second-order valence-corrected chi connectivity index (χ2v) is 6.92. The third-order valence-electron chi connectivity index (χ3n) is 4.52. The Bertz CT molecular complexity index is 903. The zero-order chi connectivity index (χ0) is 18.1. The molecular weight excluding hydrogens is 356 g/mol. The molecule has 3 aromatic rings. The number of aromatic hydroxyl groups is 1. The van der Waals surface area contributed by atoms with Gasteiger partial charge in [0.2, 0.25) is 10.8 Å². The van der Waals surface area contributed by atoms with E-state index in [-0.39, 0.29) is 11.9 Å². The summed E-state index contributed by atoms with van der Waals surface area (Å²) in [6.07, 6.45) is 1.44. The van der Waals surface area contributed by atoms with Crippen molar-refractivity contribution in [2.24, 2.45) is 0 Å². The molecule has 1 atom stereocenters. The van der Waals surface area contributed by atoms with Crippen molar-refractivity contribution in [2.75, 3.05) is 40.5 Å². The summed E-state index contributed by atoms with van der Waals surface area (Å²) in [5.74, 6) is 1.44. The Labute approximate surface area is 154 Å². The number of benzene rings is 1. The lowest BCUT2D eigenvalue weighted by molar-refractivity contribution is 0.0240. The SMILES string of the molecule is COc1ccc([C@@H](c2sc3ncnn3c2O)N2CCOCC2)cc1OC. The highest BCUT2D eigenvalue weighted by atomic mass is 32.1. The number of methoxy groups -OCH3 is 2. The lowest BCUT2D eigenvalue weighted by Gasteiger charge is -2.34. The van der Waals surface area contributed by atoms with Gasteiger partial charge in [-0.1, -0.05) is 17.4 Å². The minimum atomic E-state index is -0.146. The zero-order valence-corrected chi connectivity index (χ0v) is 15.4. The van der Waals surface area contributed by atoms with Gasteiger partial charge in [0.25, 0.3) is 0 Å². The minimum absolute atomic E-state index is 0.119. The fraction of sp³-hybridized carbons (Fsp3) is 0.412. The van der Waals surface area contributed by atoms with E-state index in [4.69, 9.17) is 14.2 Å². The van der Waals surface area contributed by atoms with Gasteiger partial charge in [0.05, 0.1) is 38.4 Å². The molecule has 0 bridgehead atoms. The lowest BCUT2D eigenvalue weighted by atomic mass is 10.0. The first-order valence-corrected chi connectivity index (χ1v) is 9.09. The van der Waals surface area contributed by atoms with E-state index in [0.717, 1.165) is 23.5 Å². The molecule has 0 unspecified atom stereocenters. The number of hydrogen-bond donors (Lipinski definition) is 1. The number of aromatic nitrogens is 3. The van der Waals surface area contributed by atoms with Gasteiger partial charge in [-0.05, 0) is 17.7 Å². The smallest absolute Gasteiger partial charge is 0.230 e. The molecule has 0 spiro atoms. The molecule has 138 valence electrons. The summed E-state index contributed by atoms with van der Waals surface area (Å²) in [7, 11) is 3.23. The number of ether oxygens (including phenoxy) is 3. The number of nitrogens with zero attached hydrogens (tertiary/aromatic N) is 4. The van der Waals surface area contributed by atoms with Crippen molar-refractivity contribution in [3.05, 3.63) is 35.0 Å².